The highest BCUT2D eigenvalue weighted by Crippen LogP contribution is 2.29. The lowest BCUT2D eigenvalue weighted by atomic mass is 10.2. The molecule has 0 bridgehead atoms. The number of hydrogen-bond acceptors (Lipinski definition) is 5. The van der Waals surface area contributed by atoms with E-state index in [1.54, 1.807) is 31.2 Å². The minimum absolute atomic E-state index is 0.207. The Bertz CT molecular complexity index is 1040. The summed E-state index contributed by atoms with van der Waals surface area (Å²) in [5.74, 6) is -3.16. The first kappa shape index (κ1) is 19.9. The predicted octanol–water partition coefficient (Wildman–Crippen LogP) is 4.85. The van der Waals surface area contributed by atoms with Gasteiger partial charge in [0.15, 0.2) is 6.61 Å². The Morgan fingerprint density at radius 3 is 2.57 bits per heavy atom. The molecule has 3 aromatic rings. The molecule has 1 heterocycles. The summed E-state index contributed by atoms with van der Waals surface area (Å²) in [6.45, 7) is 1.03. The lowest BCUT2D eigenvalue weighted by Crippen LogP contribution is -2.21. The van der Waals surface area contributed by atoms with Crippen LogP contribution in [-0.2, 0) is 9.53 Å². The van der Waals surface area contributed by atoms with E-state index in [0.717, 1.165) is 29.0 Å². The Balaban J connectivity index is 1.63. The molecule has 0 aliphatic carbocycles. The van der Waals surface area contributed by atoms with Crippen molar-refractivity contribution >= 4 is 40.5 Å². The fourth-order valence-electron chi connectivity index (χ4n) is 2.28. The molecule has 1 aromatic heterocycles. The normalized spacial score (nSPS) is 10.6. The smallest absolute Gasteiger partial charge is 0.350 e. The Hall–Kier alpha value is -2.84. The highest BCUT2D eigenvalue weighted by Gasteiger charge is 2.19. The molecule has 144 valence electrons. The van der Waals surface area contributed by atoms with Gasteiger partial charge in [0.2, 0.25) is 0 Å². The van der Waals surface area contributed by atoms with Gasteiger partial charge in [-0.3, -0.25) is 4.79 Å². The molecule has 9 heteroatoms. The van der Waals surface area contributed by atoms with Crippen LogP contribution in [0.15, 0.2) is 42.5 Å². The van der Waals surface area contributed by atoms with Gasteiger partial charge in [0, 0.05) is 16.7 Å². The van der Waals surface area contributed by atoms with Gasteiger partial charge < -0.3 is 10.1 Å². The number of benzene rings is 2. The van der Waals surface area contributed by atoms with Crippen LogP contribution in [0.3, 0.4) is 0 Å². The number of nitrogens with zero attached hydrogens (tertiary/aromatic N) is 1. The number of rotatable bonds is 5. The Kier molecular flexibility index (Phi) is 6.01. The number of aryl methyl sites for hydroxylation is 1. The van der Waals surface area contributed by atoms with Crippen molar-refractivity contribution in [3.63, 3.8) is 0 Å². The zero-order valence-corrected chi connectivity index (χ0v) is 16.0. The molecule has 0 atom stereocenters. The third kappa shape index (κ3) is 4.71. The first-order chi connectivity index (χ1) is 13.3. The van der Waals surface area contributed by atoms with Crippen LogP contribution in [0.4, 0.5) is 14.5 Å². The SMILES string of the molecule is Cc1nc(-c2ccc(Cl)cc2)sc1C(=O)OCC(=O)Nc1ccc(F)cc1F. The van der Waals surface area contributed by atoms with Gasteiger partial charge in [-0.25, -0.2) is 18.6 Å². The molecule has 28 heavy (non-hydrogen) atoms. The van der Waals surface area contributed by atoms with E-state index >= 15 is 0 Å². The van der Waals surface area contributed by atoms with Crippen LogP contribution in [0.5, 0.6) is 0 Å². The number of carbonyl (C=O) groups excluding carboxylic acids is 2. The molecule has 0 aliphatic heterocycles. The summed E-state index contributed by atoms with van der Waals surface area (Å²) in [6.07, 6.45) is 0. The summed E-state index contributed by atoms with van der Waals surface area (Å²) in [5.41, 5.74) is 1.05. The maximum atomic E-state index is 13.5. The monoisotopic (exact) mass is 422 g/mol. The van der Waals surface area contributed by atoms with Crippen molar-refractivity contribution in [2.24, 2.45) is 0 Å². The molecule has 0 unspecified atom stereocenters. The van der Waals surface area contributed by atoms with Crippen molar-refractivity contribution in [1.29, 1.82) is 0 Å². The summed E-state index contributed by atoms with van der Waals surface area (Å²) in [7, 11) is 0. The number of halogens is 3. The van der Waals surface area contributed by atoms with Gasteiger partial charge in [-0.15, -0.1) is 11.3 Å². The lowest BCUT2D eigenvalue weighted by Gasteiger charge is -2.07. The second kappa shape index (κ2) is 8.45. The van der Waals surface area contributed by atoms with E-state index in [2.05, 4.69) is 10.3 Å². The lowest BCUT2D eigenvalue weighted by molar-refractivity contribution is -0.119. The standard InChI is InChI=1S/C19H13ClF2N2O3S/c1-10-17(28-18(23-10)11-2-4-12(20)5-3-11)19(26)27-9-16(25)24-15-7-6-13(21)8-14(15)22/h2-8H,9H2,1H3,(H,24,25). The van der Waals surface area contributed by atoms with Crippen molar-refractivity contribution in [2.75, 3.05) is 11.9 Å². The molecule has 1 N–H and O–H groups in total. The van der Waals surface area contributed by atoms with E-state index in [9.17, 15) is 18.4 Å². The van der Waals surface area contributed by atoms with Crippen molar-refractivity contribution < 1.29 is 23.1 Å². The molecular weight excluding hydrogens is 410 g/mol. The summed E-state index contributed by atoms with van der Waals surface area (Å²) < 4.78 is 31.4. The summed E-state index contributed by atoms with van der Waals surface area (Å²) >= 11 is 6.99. The number of aromatic nitrogens is 1. The summed E-state index contributed by atoms with van der Waals surface area (Å²) in [4.78, 5) is 28.7. The maximum Gasteiger partial charge on any atom is 0.350 e. The average molecular weight is 423 g/mol. The number of carbonyl (C=O) groups is 2. The zero-order valence-electron chi connectivity index (χ0n) is 14.5. The van der Waals surface area contributed by atoms with E-state index in [-0.39, 0.29) is 10.6 Å². The number of amides is 1. The van der Waals surface area contributed by atoms with E-state index in [1.165, 1.54) is 0 Å². The van der Waals surface area contributed by atoms with E-state index in [1.807, 2.05) is 0 Å². The topological polar surface area (TPSA) is 68.3 Å². The van der Waals surface area contributed by atoms with Gasteiger partial charge in [-0.1, -0.05) is 23.7 Å². The Labute approximate surface area is 167 Å². The molecule has 0 fully saturated rings. The van der Waals surface area contributed by atoms with Gasteiger partial charge >= 0.3 is 5.97 Å². The second-order valence-corrected chi connectivity index (χ2v) is 7.12. The number of thiazole rings is 1. The largest absolute Gasteiger partial charge is 0.451 e. The van der Waals surface area contributed by atoms with Crippen LogP contribution in [0.1, 0.15) is 15.4 Å². The fourth-order valence-corrected chi connectivity index (χ4v) is 3.37. The van der Waals surface area contributed by atoms with Crippen LogP contribution in [0, 0.1) is 18.6 Å². The van der Waals surface area contributed by atoms with Gasteiger partial charge in [0.05, 0.1) is 11.4 Å². The number of nitrogens with one attached hydrogen (secondary N) is 1. The Morgan fingerprint density at radius 1 is 1.18 bits per heavy atom. The molecule has 5 nitrogen and oxygen atoms in total. The van der Waals surface area contributed by atoms with E-state index < -0.39 is 30.1 Å². The minimum Gasteiger partial charge on any atom is -0.451 e. The number of esters is 1. The fraction of sp³-hybridized carbons (Fsp3) is 0.105. The third-order valence-electron chi connectivity index (χ3n) is 3.61. The first-order valence-corrected chi connectivity index (χ1v) is 9.18. The third-order valence-corrected chi connectivity index (χ3v) is 5.05. The average Bonchev–Trinajstić information content (AvgIpc) is 3.04. The quantitative estimate of drug-likeness (QED) is 0.597. The van der Waals surface area contributed by atoms with Crippen molar-refractivity contribution in [1.82, 2.24) is 4.98 Å². The van der Waals surface area contributed by atoms with Gasteiger partial charge in [0.25, 0.3) is 5.91 Å². The second-order valence-electron chi connectivity index (χ2n) is 5.69. The van der Waals surface area contributed by atoms with Crippen LogP contribution in [-0.4, -0.2) is 23.5 Å². The summed E-state index contributed by atoms with van der Waals surface area (Å²) in [5, 5.41) is 3.41. The molecule has 0 spiro atoms. The van der Waals surface area contributed by atoms with Crippen LogP contribution in [0.2, 0.25) is 5.02 Å². The number of anilines is 1. The van der Waals surface area contributed by atoms with Crippen molar-refractivity contribution in [3.05, 3.63) is 69.7 Å². The van der Waals surface area contributed by atoms with E-state index in [4.69, 9.17) is 16.3 Å². The molecule has 3 rings (SSSR count). The molecule has 0 saturated carbocycles. The maximum absolute atomic E-state index is 13.5. The molecular formula is C19H13ClF2N2O3S. The van der Waals surface area contributed by atoms with Gasteiger partial charge in [0.1, 0.15) is 21.5 Å². The predicted molar refractivity (Wildman–Crippen MR) is 103 cm³/mol. The highest BCUT2D eigenvalue weighted by atomic mass is 35.5. The number of hydrogen-bond donors (Lipinski definition) is 1. The molecule has 2 aromatic carbocycles. The van der Waals surface area contributed by atoms with Gasteiger partial charge in [-0.2, -0.15) is 0 Å². The zero-order chi connectivity index (χ0) is 20.3. The molecule has 0 aliphatic rings. The van der Waals surface area contributed by atoms with E-state index in [0.29, 0.717) is 21.8 Å². The highest BCUT2D eigenvalue weighted by molar-refractivity contribution is 7.17. The van der Waals surface area contributed by atoms with Gasteiger partial charge in [-0.05, 0) is 31.2 Å². The summed E-state index contributed by atoms with van der Waals surface area (Å²) in [6, 6.07) is 9.70. The van der Waals surface area contributed by atoms with Crippen LogP contribution >= 0.6 is 22.9 Å². The number of ether oxygens (including phenoxy) is 1. The molecule has 1 amide bonds. The molecule has 0 radical (unpaired) electrons. The minimum atomic E-state index is -0.925. The van der Waals surface area contributed by atoms with Crippen molar-refractivity contribution in [2.45, 2.75) is 6.92 Å². The van der Waals surface area contributed by atoms with Crippen LogP contribution < -0.4 is 5.32 Å². The first-order valence-electron chi connectivity index (χ1n) is 7.99. The van der Waals surface area contributed by atoms with Crippen LogP contribution in [0.25, 0.3) is 10.6 Å². The van der Waals surface area contributed by atoms with Crippen molar-refractivity contribution in [3.8, 4) is 10.6 Å². The molecule has 0 saturated heterocycles. The Morgan fingerprint density at radius 2 is 1.89 bits per heavy atom.